The molecular weight excluding hydrogens is 384 g/mol. The Hall–Kier alpha value is -3.52. The molecule has 2 heterocycles. The van der Waals surface area contributed by atoms with Crippen LogP contribution >= 0.6 is 0 Å². The first-order chi connectivity index (χ1) is 14.6. The molecule has 1 aliphatic heterocycles. The van der Waals surface area contributed by atoms with Gasteiger partial charge in [-0.05, 0) is 36.4 Å². The van der Waals surface area contributed by atoms with Gasteiger partial charge in [0.2, 0.25) is 5.95 Å². The molecule has 1 saturated heterocycles. The number of nitrogen functional groups attached to an aromatic ring is 1. The Morgan fingerprint density at radius 3 is 2.70 bits per heavy atom. The third kappa shape index (κ3) is 4.55. The predicted octanol–water partition coefficient (Wildman–Crippen LogP) is 3.74. The fraction of sp³-hybridized carbons (Fsp3) is 0.273. The van der Waals surface area contributed by atoms with Gasteiger partial charge in [0.1, 0.15) is 11.9 Å². The van der Waals surface area contributed by atoms with Crippen molar-refractivity contribution >= 4 is 17.3 Å². The van der Waals surface area contributed by atoms with Gasteiger partial charge in [0.15, 0.2) is 11.5 Å². The third-order valence-electron chi connectivity index (χ3n) is 4.86. The third-order valence-corrected chi connectivity index (χ3v) is 4.86. The second-order valence-corrected chi connectivity index (χ2v) is 6.96. The summed E-state index contributed by atoms with van der Waals surface area (Å²) in [6.45, 7) is 1.43. The average Bonchev–Trinajstić information content (AvgIpc) is 2.77. The van der Waals surface area contributed by atoms with Crippen molar-refractivity contribution in [1.29, 1.82) is 0 Å². The Balaban J connectivity index is 1.51. The molecule has 0 atom stereocenters. The van der Waals surface area contributed by atoms with E-state index in [-0.39, 0.29) is 11.9 Å². The molecule has 0 saturated carbocycles. The van der Waals surface area contributed by atoms with Gasteiger partial charge in [0.05, 0.1) is 31.7 Å². The van der Waals surface area contributed by atoms with Gasteiger partial charge >= 0.3 is 0 Å². The van der Waals surface area contributed by atoms with Crippen molar-refractivity contribution in [3.05, 3.63) is 48.7 Å². The summed E-state index contributed by atoms with van der Waals surface area (Å²) < 4.78 is 16.5. The first-order valence-corrected chi connectivity index (χ1v) is 9.74. The molecule has 2 aromatic carbocycles. The fourth-order valence-electron chi connectivity index (χ4n) is 3.25. The maximum Gasteiger partial charge on any atom is 0.227 e. The van der Waals surface area contributed by atoms with Crippen molar-refractivity contribution in [1.82, 2.24) is 9.97 Å². The van der Waals surface area contributed by atoms with Crippen LogP contribution in [0.15, 0.2) is 48.7 Å². The summed E-state index contributed by atoms with van der Waals surface area (Å²) in [6.07, 6.45) is 3.53. The number of phenols is 1. The lowest BCUT2D eigenvalue weighted by atomic mass is 10.1. The number of anilines is 3. The van der Waals surface area contributed by atoms with E-state index in [9.17, 15) is 5.11 Å². The van der Waals surface area contributed by atoms with Crippen molar-refractivity contribution in [3.8, 4) is 28.5 Å². The fourth-order valence-corrected chi connectivity index (χ4v) is 3.25. The number of aromatic nitrogens is 2. The number of nitrogens with zero attached hydrogens (tertiary/aromatic N) is 2. The smallest absolute Gasteiger partial charge is 0.227 e. The van der Waals surface area contributed by atoms with E-state index in [1.165, 1.54) is 7.11 Å². The first kappa shape index (κ1) is 19.8. The average molecular weight is 408 g/mol. The number of nitrogens with one attached hydrogen (secondary N) is 1. The quantitative estimate of drug-likeness (QED) is 0.418. The number of phenolic OH excluding ortho intramolecular Hbond substituents is 1. The molecule has 1 aromatic heterocycles. The Kier molecular flexibility index (Phi) is 5.85. The minimum Gasteiger partial charge on any atom is -0.504 e. The van der Waals surface area contributed by atoms with Gasteiger partial charge in [-0.1, -0.05) is 0 Å². The van der Waals surface area contributed by atoms with Crippen molar-refractivity contribution in [2.45, 2.75) is 18.9 Å². The lowest BCUT2D eigenvalue weighted by Crippen LogP contribution is -2.26. The summed E-state index contributed by atoms with van der Waals surface area (Å²) >= 11 is 0. The van der Waals surface area contributed by atoms with Crippen LogP contribution in [0.4, 0.5) is 17.3 Å². The standard InChI is InChI=1S/C22H24N4O4/c1-28-21-13-15(3-4-19(21)27)25-22-24-9-6-18(26-22)14-2-5-20(17(23)12-14)30-16-7-10-29-11-8-16/h2-6,9,12-13,16,27H,7-8,10-11,23H2,1H3,(H,24,25,26). The molecule has 3 aromatic rings. The van der Waals surface area contributed by atoms with Crippen LogP contribution in [0.5, 0.6) is 17.2 Å². The summed E-state index contributed by atoms with van der Waals surface area (Å²) in [5.74, 6) is 1.52. The van der Waals surface area contributed by atoms with Crippen LogP contribution < -0.4 is 20.5 Å². The van der Waals surface area contributed by atoms with Crippen molar-refractivity contribution in [3.63, 3.8) is 0 Å². The van der Waals surface area contributed by atoms with Crippen LogP contribution in [0.3, 0.4) is 0 Å². The summed E-state index contributed by atoms with van der Waals surface area (Å²) in [5, 5.41) is 12.8. The normalized spacial score (nSPS) is 14.3. The van der Waals surface area contributed by atoms with E-state index in [0.717, 1.165) is 24.1 Å². The van der Waals surface area contributed by atoms with Crippen LogP contribution in [-0.4, -0.2) is 41.5 Å². The monoisotopic (exact) mass is 408 g/mol. The number of benzene rings is 2. The van der Waals surface area contributed by atoms with Gasteiger partial charge in [-0.25, -0.2) is 9.97 Å². The Labute approximate surface area is 174 Å². The molecule has 4 N–H and O–H groups in total. The summed E-state index contributed by atoms with van der Waals surface area (Å²) in [4.78, 5) is 8.83. The zero-order valence-corrected chi connectivity index (χ0v) is 16.7. The molecule has 156 valence electrons. The van der Waals surface area contributed by atoms with Crippen LogP contribution in [0.2, 0.25) is 0 Å². The predicted molar refractivity (Wildman–Crippen MR) is 114 cm³/mol. The summed E-state index contributed by atoms with van der Waals surface area (Å²) in [6, 6.07) is 12.4. The largest absolute Gasteiger partial charge is 0.504 e. The second kappa shape index (κ2) is 8.87. The molecule has 0 spiro atoms. The SMILES string of the molecule is COc1cc(Nc2nccc(-c3ccc(OC4CCOCC4)c(N)c3)n2)ccc1O. The van der Waals surface area contributed by atoms with E-state index < -0.39 is 0 Å². The molecule has 0 unspecified atom stereocenters. The topological polar surface area (TPSA) is 112 Å². The Morgan fingerprint density at radius 1 is 1.10 bits per heavy atom. The minimum absolute atomic E-state index is 0.0660. The lowest BCUT2D eigenvalue weighted by Gasteiger charge is -2.24. The van der Waals surface area contributed by atoms with Crippen molar-refractivity contribution in [2.75, 3.05) is 31.4 Å². The number of aromatic hydroxyl groups is 1. The number of ether oxygens (including phenoxy) is 3. The molecule has 30 heavy (non-hydrogen) atoms. The molecule has 8 nitrogen and oxygen atoms in total. The molecule has 1 aliphatic rings. The molecule has 0 amide bonds. The molecule has 1 fully saturated rings. The number of hydrogen-bond acceptors (Lipinski definition) is 8. The van der Waals surface area contributed by atoms with Crippen molar-refractivity contribution < 1.29 is 19.3 Å². The summed E-state index contributed by atoms with van der Waals surface area (Å²) in [7, 11) is 1.50. The zero-order chi connectivity index (χ0) is 20.9. The van der Waals surface area contributed by atoms with Gasteiger partial charge < -0.3 is 30.4 Å². The lowest BCUT2D eigenvalue weighted by molar-refractivity contribution is 0.0259. The second-order valence-electron chi connectivity index (χ2n) is 6.96. The molecular formula is C22H24N4O4. The van der Waals surface area contributed by atoms with E-state index in [1.807, 2.05) is 24.3 Å². The molecule has 8 heteroatoms. The summed E-state index contributed by atoms with van der Waals surface area (Å²) in [5.41, 5.74) is 9.08. The van der Waals surface area contributed by atoms with Crippen LogP contribution in [-0.2, 0) is 4.74 Å². The van der Waals surface area contributed by atoms with Crippen LogP contribution in [0.25, 0.3) is 11.3 Å². The minimum atomic E-state index is 0.0660. The van der Waals surface area contributed by atoms with E-state index in [2.05, 4.69) is 15.3 Å². The highest BCUT2D eigenvalue weighted by molar-refractivity contribution is 5.69. The number of nitrogens with two attached hydrogens (primary N) is 1. The van der Waals surface area contributed by atoms with Gasteiger partial charge in [-0.15, -0.1) is 0 Å². The van der Waals surface area contributed by atoms with Crippen molar-refractivity contribution in [2.24, 2.45) is 0 Å². The van der Waals surface area contributed by atoms with E-state index in [0.29, 0.717) is 42.0 Å². The Morgan fingerprint density at radius 2 is 1.93 bits per heavy atom. The van der Waals surface area contributed by atoms with Gasteiger partial charge in [0, 0.05) is 36.4 Å². The number of rotatable bonds is 6. The van der Waals surface area contributed by atoms with Crippen LogP contribution in [0, 0.1) is 0 Å². The van der Waals surface area contributed by atoms with Crippen LogP contribution in [0.1, 0.15) is 12.8 Å². The maximum absolute atomic E-state index is 9.73. The number of hydrogen-bond donors (Lipinski definition) is 3. The van der Waals surface area contributed by atoms with Gasteiger partial charge in [-0.3, -0.25) is 0 Å². The molecule has 0 aliphatic carbocycles. The Bertz CT molecular complexity index is 1020. The number of methoxy groups -OCH3 is 1. The van der Waals surface area contributed by atoms with Gasteiger partial charge in [0.25, 0.3) is 0 Å². The molecule has 0 bridgehead atoms. The van der Waals surface area contributed by atoms with E-state index in [1.54, 1.807) is 24.4 Å². The van der Waals surface area contributed by atoms with Gasteiger partial charge in [-0.2, -0.15) is 0 Å². The van der Waals surface area contributed by atoms with E-state index >= 15 is 0 Å². The highest BCUT2D eigenvalue weighted by Gasteiger charge is 2.17. The highest BCUT2D eigenvalue weighted by Crippen LogP contribution is 2.31. The maximum atomic E-state index is 9.73. The molecule has 0 radical (unpaired) electrons. The first-order valence-electron chi connectivity index (χ1n) is 9.74. The zero-order valence-electron chi connectivity index (χ0n) is 16.7. The van der Waals surface area contributed by atoms with E-state index in [4.69, 9.17) is 19.9 Å². The highest BCUT2D eigenvalue weighted by atomic mass is 16.5. The molecule has 4 rings (SSSR count).